The highest BCUT2D eigenvalue weighted by Gasteiger charge is 2.35. The van der Waals surface area contributed by atoms with E-state index in [2.05, 4.69) is 31.3 Å². The molecule has 0 saturated carbocycles. The molecule has 0 aliphatic carbocycles. The summed E-state index contributed by atoms with van der Waals surface area (Å²) in [5.41, 5.74) is 1.32. The Hall–Kier alpha value is -1.67. The molecular weight excluding hydrogens is 249 g/mol. The van der Waals surface area contributed by atoms with E-state index in [4.69, 9.17) is 0 Å². The molecule has 0 bridgehead atoms. The van der Waals surface area contributed by atoms with E-state index in [-0.39, 0.29) is 5.82 Å². The predicted octanol–water partition coefficient (Wildman–Crippen LogP) is 4.33. The summed E-state index contributed by atoms with van der Waals surface area (Å²) >= 11 is 0. The van der Waals surface area contributed by atoms with Crippen molar-refractivity contribution in [1.82, 2.24) is 5.32 Å². The molecule has 0 aliphatic rings. The molecule has 2 heteroatoms. The van der Waals surface area contributed by atoms with Crippen molar-refractivity contribution in [3.8, 4) is 0 Å². The number of hydrogen-bond donors (Lipinski definition) is 1. The van der Waals surface area contributed by atoms with Crippen molar-refractivity contribution in [2.24, 2.45) is 5.92 Å². The third-order valence-electron chi connectivity index (χ3n) is 3.74. The van der Waals surface area contributed by atoms with E-state index < -0.39 is 5.54 Å². The number of rotatable bonds is 5. The Morgan fingerprint density at radius 2 is 1.60 bits per heavy atom. The van der Waals surface area contributed by atoms with Crippen LogP contribution in [0.15, 0.2) is 54.6 Å². The third-order valence-corrected chi connectivity index (χ3v) is 3.74. The standard InChI is InChI=1S/C18H22FN/c1-14(2)13-18(20-3,15-9-5-4-6-10-15)16-11-7-8-12-17(16)19/h4-12,14,20H,13H2,1-3H3/t18-/m1/s1. The fraction of sp³-hybridized carbons (Fsp3) is 0.333. The van der Waals surface area contributed by atoms with Crippen LogP contribution in [-0.4, -0.2) is 7.05 Å². The molecule has 2 rings (SSSR count). The smallest absolute Gasteiger partial charge is 0.128 e. The minimum atomic E-state index is -0.485. The summed E-state index contributed by atoms with van der Waals surface area (Å²) in [5, 5.41) is 3.38. The van der Waals surface area contributed by atoms with Crippen LogP contribution in [0.1, 0.15) is 31.4 Å². The SMILES string of the molecule is CN[C@](CC(C)C)(c1ccccc1)c1ccccc1F. The van der Waals surface area contributed by atoms with Gasteiger partial charge in [-0.2, -0.15) is 0 Å². The van der Waals surface area contributed by atoms with Crippen LogP contribution >= 0.6 is 0 Å². The van der Waals surface area contributed by atoms with Gasteiger partial charge in [0.1, 0.15) is 5.82 Å². The first-order valence-electron chi connectivity index (χ1n) is 7.09. The van der Waals surface area contributed by atoms with Crippen LogP contribution in [0.25, 0.3) is 0 Å². The number of nitrogens with one attached hydrogen (secondary N) is 1. The second kappa shape index (κ2) is 6.19. The Morgan fingerprint density at radius 1 is 1.00 bits per heavy atom. The fourth-order valence-corrected chi connectivity index (χ4v) is 2.91. The molecule has 0 unspecified atom stereocenters. The maximum Gasteiger partial charge on any atom is 0.128 e. The summed E-state index contributed by atoms with van der Waals surface area (Å²) in [4.78, 5) is 0. The van der Waals surface area contributed by atoms with Gasteiger partial charge in [-0.3, -0.25) is 0 Å². The summed E-state index contributed by atoms with van der Waals surface area (Å²) in [6, 6.07) is 17.2. The van der Waals surface area contributed by atoms with E-state index >= 15 is 0 Å². The topological polar surface area (TPSA) is 12.0 Å². The van der Waals surface area contributed by atoms with Gasteiger partial charge < -0.3 is 5.32 Å². The molecule has 106 valence electrons. The van der Waals surface area contributed by atoms with E-state index in [1.807, 2.05) is 37.4 Å². The normalized spacial score (nSPS) is 14.2. The monoisotopic (exact) mass is 271 g/mol. The first-order chi connectivity index (χ1) is 9.60. The summed E-state index contributed by atoms with van der Waals surface area (Å²) < 4.78 is 14.4. The molecule has 20 heavy (non-hydrogen) atoms. The van der Waals surface area contributed by atoms with Gasteiger partial charge in [0.15, 0.2) is 0 Å². The minimum Gasteiger partial charge on any atom is -0.307 e. The molecule has 2 aromatic carbocycles. The Bertz CT molecular complexity index is 550. The van der Waals surface area contributed by atoms with Crippen LogP contribution in [0.2, 0.25) is 0 Å². The summed E-state index contributed by atoms with van der Waals surface area (Å²) in [5.74, 6) is 0.286. The zero-order chi connectivity index (χ0) is 14.6. The zero-order valence-electron chi connectivity index (χ0n) is 12.4. The lowest BCUT2D eigenvalue weighted by Crippen LogP contribution is -2.43. The average molecular weight is 271 g/mol. The average Bonchev–Trinajstić information content (AvgIpc) is 2.46. The summed E-state index contributed by atoms with van der Waals surface area (Å²) in [6.45, 7) is 4.33. The highest BCUT2D eigenvalue weighted by Crippen LogP contribution is 2.36. The van der Waals surface area contributed by atoms with Crippen molar-refractivity contribution < 1.29 is 4.39 Å². The lowest BCUT2D eigenvalue weighted by atomic mass is 9.77. The zero-order valence-corrected chi connectivity index (χ0v) is 12.4. The van der Waals surface area contributed by atoms with Gasteiger partial charge in [0.05, 0.1) is 5.54 Å². The summed E-state index contributed by atoms with van der Waals surface area (Å²) in [6.07, 6.45) is 0.842. The molecule has 0 amide bonds. The van der Waals surface area contributed by atoms with Crippen molar-refractivity contribution in [3.05, 3.63) is 71.5 Å². The van der Waals surface area contributed by atoms with E-state index in [1.165, 1.54) is 6.07 Å². The van der Waals surface area contributed by atoms with Gasteiger partial charge in [-0.1, -0.05) is 62.4 Å². The highest BCUT2D eigenvalue weighted by atomic mass is 19.1. The molecule has 0 saturated heterocycles. The van der Waals surface area contributed by atoms with Gasteiger partial charge in [0.25, 0.3) is 0 Å². The molecule has 0 fully saturated rings. The number of halogens is 1. The second-order valence-electron chi connectivity index (χ2n) is 5.60. The van der Waals surface area contributed by atoms with Crippen LogP contribution < -0.4 is 5.32 Å². The van der Waals surface area contributed by atoms with E-state index in [0.717, 1.165) is 12.0 Å². The Morgan fingerprint density at radius 3 is 2.15 bits per heavy atom. The second-order valence-corrected chi connectivity index (χ2v) is 5.60. The van der Waals surface area contributed by atoms with Gasteiger partial charge >= 0.3 is 0 Å². The Balaban J connectivity index is 2.63. The molecule has 2 aromatic rings. The molecular formula is C18H22FN. The van der Waals surface area contributed by atoms with Gasteiger partial charge in [0.2, 0.25) is 0 Å². The molecule has 0 spiro atoms. The van der Waals surface area contributed by atoms with Crippen LogP contribution in [0.4, 0.5) is 4.39 Å². The molecule has 0 aliphatic heterocycles. The van der Waals surface area contributed by atoms with Gasteiger partial charge in [-0.15, -0.1) is 0 Å². The van der Waals surface area contributed by atoms with Gasteiger partial charge in [0, 0.05) is 5.56 Å². The molecule has 1 N–H and O–H groups in total. The van der Waals surface area contributed by atoms with Crippen LogP contribution in [0, 0.1) is 11.7 Å². The number of benzene rings is 2. The Kier molecular flexibility index (Phi) is 4.56. The fourth-order valence-electron chi connectivity index (χ4n) is 2.91. The first kappa shape index (κ1) is 14.7. The minimum absolute atomic E-state index is 0.161. The molecule has 1 atom stereocenters. The quantitative estimate of drug-likeness (QED) is 0.853. The maximum absolute atomic E-state index is 14.4. The van der Waals surface area contributed by atoms with Crippen LogP contribution in [0.5, 0.6) is 0 Å². The lowest BCUT2D eigenvalue weighted by Gasteiger charge is -2.36. The highest BCUT2D eigenvalue weighted by molar-refractivity contribution is 5.39. The molecule has 0 heterocycles. The molecule has 0 aromatic heterocycles. The first-order valence-corrected chi connectivity index (χ1v) is 7.09. The van der Waals surface area contributed by atoms with Crippen molar-refractivity contribution >= 4 is 0 Å². The van der Waals surface area contributed by atoms with E-state index in [9.17, 15) is 4.39 Å². The summed E-state index contributed by atoms with van der Waals surface area (Å²) in [7, 11) is 1.90. The maximum atomic E-state index is 14.4. The van der Waals surface area contributed by atoms with Crippen LogP contribution in [0.3, 0.4) is 0 Å². The van der Waals surface area contributed by atoms with Crippen molar-refractivity contribution in [2.75, 3.05) is 7.05 Å². The van der Waals surface area contributed by atoms with Crippen molar-refractivity contribution in [2.45, 2.75) is 25.8 Å². The molecule has 0 radical (unpaired) electrons. The van der Waals surface area contributed by atoms with E-state index in [1.54, 1.807) is 6.07 Å². The van der Waals surface area contributed by atoms with Gasteiger partial charge in [-0.05, 0) is 31.0 Å². The number of hydrogen-bond acceptors (Lipinski definition) is 1. The third kappa shape index (κ3) is 2.75. The van der Waals surface area contributed by atoms with Gasteiger partial charge in [-0.25, -0.2) is 4.39 Å². The Labute approximate surface area is 120 Å². The van der Waals surface area contributed by atoms with Crippen molar-refractivity contribution in [1.29, 1.82) is 0 Å². The lowest BCUT2D eigenvalue weighted by molar-refractivity contribution is 0.336. The largest absolute Gasteiger partial charge is 0.307 e. The van der Waals surface area contributed by atoms with Crippen molar-refractivity contribution in [3.63, 3.8) is 0 Å². The van der Waals surface area contributed by atoms with E-state index in [0.29, 0.717) is 11.5 Å². The van der Waals surface area contributed by atoms with Crippen LogP contribution in [-0.2, 0) is 5.54 Å². The predicted molar refractivity (Wildman–Crippen MR) is 82.1 cm³/mol. The molecule has 1 nitrogen and oxygen atoms in total.